The first-order valence-corrected chi connectivity index (χ1v) is 9.88. The van der Waals surface area contributed by atoms with Crippen LogP contribution >= 0.6 is 0 Å². The number of aliphatic carboxylic acids is 1. The smallest absolute Gasteiger partial charge is 0.320 e. The van der Waals surface area contributed by atoms with Gasteiger partial charge < -0.3 is 20.7 Å². The van der Waals surface area contributed by atoms with Crippen LogP contribution in [0.2, 0.25) is 0 Å². The van der Waals surface area contributed by atoms with Gasteiger partial charge in [0.2, 0.25) is 0 Å². The number of hydrogen-bond acceptors (Lipinski definition) is 4. The van der Waals surface area contributed by atoms with Crippen molar-refractivity contribution in [3.63, 3.8) is 0 Å². The lowest BCUT2D eigenvalue weighted by Crippen LogP contribution is -2.32. The molecule has 5 heteroatoms. The molecular formula is C23H31NO4. The predicted octanol–water partition coefficient (Wildman–Crippen LogP) is 5.17. The Labute approximate surface area is 167 Å². The summed E-state index contributed by atoms with van der Waals surface area (Å²) in [6.45, 7) is 8.52. The Morgan fingerprint density at radius 3 is 1.96 bits per heavy atom. The summed E-state index contributed by atoms with van der Waals surface area (Å²) in [7, 11) is 0. The molecule has 0 saturated carbocycles. The highest BCUT2D eigenvalue weighted by molar-refractivity contribution is 5.73. The average molecular weight is 386 g/mol. The summed E-state index contributed by atoms with van der Waals surface area (Å²) in [6.07, 6.45) is 2.14. The van der Waals surface area contributed by atoms with E-state index in [9.17, 15) is 15.0 Å². The summed E-state index contributed by atoms with van der Waals surface area (Å²) in [6, 6.07) is 9.80. The van der Waals surface area contributed by atoms with Crippen LogP contribution in [-0.2, 0) is 11.2 Å². The maximum absolute atomic E-state index is 11.2. The molecule has 2 aromatic rings. The van der Waals surface area contributed by atoms with Gasteiger partial charge in [-0.15, -0.1) is 0 Å². The number of phenols is 1. The maximum atomic E-state index is 11.2. The number of rotatable bonds is 9. The van der Waals surface area contributed by atoms with Gasteiger partial charge in [-0.1, -0.05) is 39.8 Å². The van der Waals surface area contributed by atoms with Gasteiger partial charge >= 0.3 is 5.97 Å². The van der Waals surface area contributed by atoms with Gasteiger partial charge in [0.25, 0.3) is 0 Å². The SMILES string of the molecule is CCC(C)c1cc(CC(N)C(=O)O)cc(C(C)CC)c1Oc1ccc(O)cc1. The quantitative estimate of drug-likeness (QED) is 0.554. The van der Waals surface area contributed by atoms with E-state index in [2.05, 4.69) is 27.7 Å². The van der Waals surface area contributed by atoms with E-state index in [1.54, 1.807) is 24.3 Å². The molecule has 0 bridgehead atoms. The van der Waals surface area contributed by atoms with Crippen LogP contribution in [0.3, 0.4) is 0 Å². The first kappa shape index (κ1) is 21.8. The third-order valence-electron chi connectivity index (χ3n) is 5.32. The predicted molar refractivity (Wildman–Crippen MR) is 111 cm³/mol. The fraction of sp³-hybridized carbons (Fsp3) is 0.435. The van der Waals surface area contributed by atoms with Crippen molar-refractivity contribution in [2.45, 2.75) is 64.8 Å². The zero-order valence-corrected chi connectivity index (χ0v) is 17.1. The molecule has 0 aromatic heterocycles. The zero-order chi connectivity index (χ0) is 20.8. The molecule has 0 spiro atoms. The van der Waals surface area contributed by atoms with Gasteiger partial charge in [0.05, 0.1) is 0 Å². The second-order valence-corrected chi connectivity index (χ2v) is 7.47. The molecular weight excluding hydrogens is 354 g/mol. The molecule has 4 N–H and O–H groups in total. The second-order valence-electron chi connectivity index (χ2n) is 7.47. The topological polar surface area (TPSA) is 92.8 Å². The van der Waals surface area contributed by atoms with E-state index >= 15 is 0 Å². The van der Waals surface area contributed by atoms with Crippen molar-refractivity contribution in [1.82, 2.24) is 0 Å². The van der Waals surface area contributed by atoms with E-state index in [4.69, 9.17) is 10.5 Å². The Hall–Kier alpha value is -2.53. The highest BCUT2D eigenvalue weighted by atomic mass is 16.5. The Morgan fingerprint density at radius 2 is 1.54 bits per heavy atom. The van der Waals surface area contributed by atoms with Crippen molar-refractivity contribution in [1.29, 1.82) is 0 Å². The van der Waals surface area contributed by atoms with E-state index < -0.39 is 12.0 Å². The molecule has 3 unspecified atom stereocenters. The van der Waals surface area contributed by atoms with E-state index in [-0.39, 0.29) is 24.0 Å². The molecule has 5 nitrogen and oxygen atoms in total. The highest BCUT2D eigenvalue weighted by Gasteiger charge is 2.22. The summed E-state index contributed by atoms with van der Waals surface area (Å²) in [4.78, 5) is 11.2. The van der Waals surface area contributed by atoms with Crippen LogP contribution in [0.1, 0.15) is 69.1 Å². The fourth-order valence-corrected chi connectivity index (χ4v) is 3.12. The molecule has 0 fully saturated rings. The second kappa shape index (κ2) is 9.60. The number of aromatic hydroxyl groups is 1. The molecule has 0 aliphatic rings. The molecule has 3 atom stereocenters. The van der Waals surface area contributed by atoms with Crippen molar-refractivity contribution < 1.29 is 19.7 Å². The lowest BCUT2D eigenvalue weighted by atomic mass is 9.87. The Morgan fingerprint density at radius 1 is 1.04 bits per heavy atom. The van der Waals surface area contributed by atoms with Crippen molar-refractivity contribution >= 4 is 5.97 Å². The molecule has 0 amide bonds. The monoisotopic (exact) mass is 385 g/mol. The van der Waals surface area contributed by atoms with Crippen LogP contribution in [-0.4, -0.2) is 22.2 Å². The van der Waals surface area contributed by atoms with Crippen LogP contribution in [0.4, 0.5) is 0 Å². The summed E-state index contributed by atoms with van der Waals surface area (Å²) in [5, 5.41) is 18.7. The summed E-state index contributed by atoms with van der Waals surface area (Å²) in [5.41, 5.74) is 8.82. The van der Waals surface area contributed by atoms with Gasteiger partial charge in [0, 0.05) is 0 Å². The fourth-order valence-electron chi connectivity index (χ4n) is 3.12. The van der Waals surface area contributed by atoms with Crippen LogP contribution in [0.25, 0.3) is 0 Å². The molecule has 0 saturated heterocycles. The van der Waals surface area contributed by atoms with Gasteiger partial charge in [-0.05, 0) is 72.1 Å². The van der Waals surface area contributed by atoms with Gasteiger partial charge in [-0.3, -0.25) is 4.79 Å². The first-order valence-electron chi connectivity index (χ1n) is 9.88. The summed E-state index contributed by atoms with van der Waals surface area (Å²) < 4.78 is 6.29. The average Bonchev–Trinajstić information content (AvgIpc) is 2.68. The van der Waals surface area contributed by atoms with E-state index in [1.807, 2.05) is 12.1 Å². The molecule has 0 aliphatic heterocycles. The molecule has 28 heavy (non-hydrogen) atoms. The third kappa shape index (κ3) is 5.26. The lowest BCUT2D eigenvalue weighted by molar-refractivity contribution is -0.138. The van der Waals surface area contributed by atoms with Crippen LogP contribution < -0.4 is 10.5 Å². The Kier molecular flexibility index (Phi) is 7.46. The van der Waals surface area contributed by atoms with Crippen molar-refractivity contribution in [2.24, 2.45) is 5.73 Å². The number of phenolic OH excluding ortho intramolecular Hbond substituents is 1. The number of benzene rings is 2. The minimum absolute atomic E-state index is 0.189. The first-order chi connectivity index (χ1) is 13.3. The number of carboxylic acids is 1. The molecule has 152 valence electrons. The number of nitrogens with two attached hydrogens (primary N) is 1. The largest absolute Gasteiger partial charge is 0.508 e. The lowest BCUT2D eigenvalue weighted by Gasteiger charge is -2.24. The summed E-state index contributed by atoms with van der Waals surface area (Å²) in [5.74, 6) is 1.16. The van der Waals surface area contributed by atoms with Crippen molar-refractivity contribution in [3.05, 3.63) is 53.1 Å². The Bertz CT molecular complexity index is 770. The summed E-state index contributed by atoms with van der Waals surface area (Å²) >= 11 is 0. The maximum Gasteiger partial charge on any atom is 0.320 e. The number of hydrogen-bond donors (Lipinski definition) is 3. The van der Waals surface area contributed by atoms with Crippen molar-refractivity contribution in [2.75, 3.05) is 0 Å². The van der Waals surface area contributed by atoms with Gasteiger partial charge in [-0.2, -0.15) is 0 Å². The number of ether oxygens (including phenoxy) is 1. The molecule has 0 heterocycles. The van der Waals surface area contributed by atoms with E-state index in [1.165, 1.54) is 0 Å². The molecule has 0 radical (unpaired) electrons. The number of carbonyl (C=O) groups is 1. The normalized spacial score (nSPS) is 14.3. The standard InChI is InChI=1S/C23H31NO4/c1-5-14(3)19-11-16(13-21(24)23(26)27)12-20(15(4)6-2)22(19)28-18-9-7-17(25)8-10-18/h7-12,14-15,21,25H,5-6,13,24H2,1-4H3,(H,26,27). The van der Waals surface area contributed by atoms with Gasteiger partial charge in [-0.25, -0.2) is 0 Å². The zero-order valence-electron chi connectivity index (χ0n) is 17.1. The highest BCUT2D eigenvalue weighted by Crippen LogP contribution is 2.41. The van der Waals surface area contributed by atoms with Crippen LogP contribution in [0.5, 0.6) is 17.2 Å². The Balaban J connectivity index is 2.57. The van der Waals surface area contributed by atoms with Gasteiger partial charge in [0.1, 0.15) is 23.3 Å². The molecule has 0 aliphatic carbocycles. The molecule has 2 aromatic carbocycles. The van der Waals surface area contributed by atoms with Crippen LogP contribution in [0.15, 0.2) is 36.4 Å². The minimum Gasteiger partial charge on any atom is -0.508 e. The van der Waals surface area contributed by atoms with Crippen molar-refractivity contribution in [3.8, 4) is 17.2 Å². The van der Waals surface area contributed by atoms with E-state index in [0.717, 1.165) is 35.3 Å². The number of carboxylic acid groups (broad SMARTS) is 1. The van der Waals surface area contributed by atoms with Gasteiger partial charge in [0.15, 0.2) is 0 Å². The van der Waals surface area contributed by atoms with Crippen LogP contribution in [0, 0.1) is 0 Å². The minimum atomic E-state index is -1.00. The molecule has 2 rings (SSSR count). The van der Waals surface area contributed by atoms with E-state index in [0.29, 0.717) is 5.75 Å². The third-order valence-corrected chi connectivity index (χ3v) is 5.32.